The number of rotatable bonds is 9. The van der Waals surface area contributed by atoms with Gasteiger partial charge in [-0.1, -0.05) is 86.3 Å². The first-order chi connectivity index (χ1) is 29.7. The van der Waals surface area contributed by atoms with Gasteiger partial charge in [-0.15, -0.1) is 35.4 Å². The van der Waals surface area contributed by atoms with Crippen molar-refractivity contribution in [2.24, 2.45) is 0 Å². The molecule has 62 heavy (non-hydrogen) atoms. The molecule has 4 aromatic carbocycles. The molecule has 0 bridgehead atoms. The predicted octanol–water partition coefficient (Wildman–Crippen LogP) is 15.9. The van der Waals surface area contributed by atoms with Gasteiger partial charge in [0, 0.05) is 15.8 Å². The Morgan fingerprint density at radius 1 is 0.387 bits per heavy atom. The second-order valence-corrected chi connectivity index (χ2v) is 25.9. The van der Waals surface area contributed by atoms with Gasteiger partial charge in [-0.05, 0) is 173 Å². The molecule has 0 heterocycles. The van der Waals surface area contributed by atoms with Gasteiger partial charge >= 0.3 is 44.8 Å². The first kappa shape index (κ1) is 49.8. The Labute approximate surface area is 411 Å². The van der Waals surface area contributed by atoms with E-state index in [0.717, 1.165) is 24.0 Å². The largest absolute Gasteiger partial charge is 1.00 e. The van der Waals surface area contributed by atoms with Gasteiger partial charge in [-0.2, -0.15) is 0 Å². The van der Waals surface area contributed by atoms with Gasteiger partial charge < -0.3 is 12.8 Å². The van der Waals surface area contributed by atoms with E-state index in [2.05, 4.69) is 72.5 Å². The summed E-state index contributed by atoms with van der Waals surface area (Å²) in [5.41, 5.74) is 17.2. The van der Waals surface area contributed by atoms with Crippen LogP contribution in [0.4, 0.5) is 0 Å². The van der Waals surface area contributed by atoms with Crippen molar-refractivity contribution in [2.75, 3.05) is 12.3 Å². The van der Waals surface area contributed by atoms with E-state index < -0.39 is 0 Å². The maximum atomic E-state index is 7.14. The van der Waals surface area contributed by atoms with Crippen LogP contribution in [-0.4, -0.2) is 35.0 Å². The normalized spacial score (nSPS) is 18.5. The molecule has 4 aromatic rings. The molecule has 0 spiro atoms. The monoisotopic (exact) mass is 1220 g/mol. The third kappa shape index (κ3) is 13.0. The summed E-state index contributed by atoms with van der Waals surface area (Å²) < 4.78 is 0. The van der Waals surface area contributed by atoms with Crippen molar-refractivity contribution in [3.63, 3.8) is 0 Å². The van der Waals surface area contributed by atoms with E-state index in [4.69, 9.17) is 12.8 Å². The molecule has 6 aliphatic carbocycles. The van der Waals surface area contributed by atoms with E-state index in [0.29, 0.717) is 0 Å². The number of hydrogen-bond donors (Lipinski definition) is 0. The van der Waals surface area contributed by atoms with E-state index in [-0.39, 0.29) is 60.6 Å². The Kier molecular flexibility index (Phi) is 20.8. The van der Waals surface area contributed by atoms with E-state index in [1.54, 1.807) is 154 Å². The van der Waals surface area contributed by atoms with Gasteiger partial charge in [-0.25, -0.2) is 0 Å². The molecular weight excluding hydrogens is 1150 g/mol. The first-order valence-electron chi connectivity index (χ1n) is 24.7. The fraction of sp³-hybridized carbons (Fsp3) is 0.517. The van der Waals surface area contributed by atoms with Crippen LogP contribution in [0.2, 0.25) is 0 Å². The van der Waals surface area contributed by atoms with Crippen LogP contribution in [0, 0.1) is 24.7 Å². The Bertz CT molecular complexity index is 1880. The van der Waals surface area contributed by atoms with Crippen molar-refractivity contribution in [3.05, 3.63) is 131 Å². The Morgan fingerprint density at radius 2 is 0.694 bits per heavy atom. The van der Waals surface area contributed by atoms with E-state index in [1.165, 1.54) is 67.1 Å². The first-order valence-corrected chi connectivity index (χ1v) is 28.4. The van der Waals surface area contributed by atoms with Crippen LogP contribution >= 0.6 is 15.8 Å². The molecule has 334 valence electrons. The molecule has 0 radical (unpaired) electrons. The second-order valence-electron chi connectivity index (χ2n) is 19.4. The van der Waals surface area contributed by atoms with Crippen molar-refractivity contribution in [1.29, 1.82) is 0 Å². The zero-order valence-electron chi connectivity index (χ0n) is 37.4. The Hall–Kier alpha value is -1.66. The average molecular weight is 1230 g/mol. The van der Waals surface area contributed by atoms with Gasteiger partial charge in [0.15, 0.2) is 0 Å². The van der Waals surface area contributed by atoms with Crippen molar-refractivity contribution in [3.8, 4) is 34.1 Å². The van der Waals surface area contributed by atoms with Crippen molar-refractivity contribution < 1.29 is 44.8 Å². The molecule has 4 heteroatoms. The summed E-state index contributed by atoms with van der Waals surface area (Å²) in [6.45, 7) is 0. The maximum Gasteiger partial charge on any atom is 1.00 e. The number of benzene rings is 4. The third-order valence-corrected chi connectivity index (χ3v) is 24.0. The van der Waals surface area contributed by atoms with Gasteiger partial charge in [-0.3, -0.25) is 11.8 Å². The molecule has 0 aromatic heterocycles. The average Bonchev–Trinajstić information content (AvgIpc) is 3.89. The van der Waals surface area contributed by atoms with Crippen molar-refractivity contribution in [2.45, 2.75) is 177 Å². The number of unbranched alkanes of at least 4 members (excludes halogenated alkanes) is 1. The van der Waals surface area contributed by atoms with Crippen LogP contribution in [0.3, 0.4) is 0 Å². The molecular formula is C58H72Au2P2+2. The summed E-state index contributed by atoms with van der Waals surface area (Å²) in [5, 5.41) is 0. The SMILES string of the molecule is C1CCC([PH+](CCCC[PH+](C2CCCCC2)C2CCCCC2)C2CCCCC2)CC1.[Au+].[Au+].[C-]#Cc1ccc2c(c1)-c1ccccc1C2.[C-]#Cc1ccc2c(c1)-c1ccccc1C2. The summed E-state index contributed by atoms with van der Waals surface area (Å²) in [7, 11) is -0.162. The van der Waals surface area contributed by atoms with Crippen LogP contribution in [0.5, 0.6) is 0 Å². The summed E-state index contributed by atoms with van der Waals surface area (Å²) >= 11 is 0. The smallest absolute Gasteiger partial charge is 0.366 e. The van der Waals surface area contributed by atoms with Gasteiger partial charge in [0.25, 0.3) is 0 Å². The standard InChI is InChI=1S/C28H52P2.2C15H9.2Au/c1-5-15-25(16-6-1)29(26-17-7-2-8-18-26)23-13-14-24-30(27-19-9-3-10-20-27)28-21-11-4-12-22-28;2*1-2-11-7-8-13-10-12-5-3-4-6-14(12)15(13)9-11;;/h25-28H,1-24H2;2*3-9H,10H2;;/q;2*-1;2*+1/p+2. The molecule has 6 aliphatic rings. The summed E-state index contributed by atoms with van der Waals surface area (Å²) in [5.74, 6) is 4.87. The molecule has 4 saturated carbocycles. The molecule has 0 aliphatic heterocycles. The van der Waals surface area contributed by atoms with Gasteiger partial charge in [0.2, 0.25) is 0 Å². The third-order valence-electron chi connectivity index (χ3n) is 15.6. The maximum absolute atomic E-state index is 7.14. The Balaban J connectivity index is 0.000000168. The van der Waals surface area contributed by atoms with Crippen molar-refractivity contribution in [1.82, 2.24) is 0 Å². The molecule has 0 saturated heterocycles. The van der Waals surface area contributed by atoms with Gasteiger partial charge in [0.1, 0.15) is 0 Å². The van der Waals surface area contributed by atoms with Crippen LogP contribution in [0.25, 0.3) is 22.3 Å². The molecule has 10 rings (SSSR count). The fourth-order valence-corrected chi connectivity index (χ4v) is 21.3. The second kappa shape index (κ2) is 25.9. The molecule has 0 unspecified atom stereocenters. The summed E-state index contributed by atoms with van der Waals surface area (Å²) in [6, 6.07) is 29.1. The van der Waals surface area contributed by atoms with Crippen LogP contribution in [0.15, 0.2) is 84.9 Å². The summed E-state index contributed by atoms with van der Waals surface area (Å²) in [6.07, 6.45) is 54.8. The van der Waals surface area contributed by atoms with Gasteiger partial charge in [0.05, 0.1) is 35.0 Å². The topological polar surface area (TPSA) is 0 Å². The van der Waals surface area contributed by atoms with Crippen LogP contribution in [0.1, 0.15) is 175 Å². The minimum atomic E-state index is -0.0809. The number of fused-ring (bicyclic) bond motifs is 6. The number of hydrogen-bond acceptors (Lipinski definition) is 0. The molecule has 0 N–H and O–H groups in total. The minimum absolute atomic E-state index is 0. The zero-order chi connectivity index (χ0) is 40.9. The van der Waals surface area contributed by atoms with E-state index >= 15 is 0 Å². The zero-order valence-corrected chi connectivity index (χ0v) is 43.7. The molecule has 4 fully saturated rings. The van der Waals surface area contributed by atoms with Crippen LogP contribution < -0.4 is 0 Å². The Morgan fingerprint density at radius 3 is 1.02 bits per heavy atom. The minimum Gasteiger partial charge on any atom is -0.366 e. The quantitative estimate of drug-likeness (QED) is 0.0445. The fourth-order valence-electron chi connectivity index (χ4n) is 12.4. The van der Waals surface area contributed by atoms with E-state index in [1.807, 2.05) is 24.3 Å². The molecule has 0 atom stereocenters. The van der Waals surface area contributed by atoms with Crippen molar-refractivity contribution >= 4 is 15.8 Å². The predicted molar refractivity (Wildman–Crippen MR) is 265 cm³/mol. The van der Waals surface area contributed by atoms with E-state index in [9.17, 15) is 0 Å². The molecule has 0 nitrogen and oxygen atoms in total. The van der Waals surface area contributed by atoms with Crippen LogP contribution in [-0.2, 0) is 57.6 Å². The molecule has 0 amide bonds. The summed E-state index contributed by atoms with van der Waals surface area (Å²) in [4.78, 5) is 0.